The lowest BCUT2D eigenvalue weighted by Crippen LogP contribution is -2.11. The van der Waals surface area contributed by atoms with Gasteiger partial charge >= 0.3 is 0 Å². The van der Waals surface area contributed by atoms with Gasteiger partial charge in [0.15, 0.2) is 0 Å². The fourth-order valence-corrected chi connectivity index (χ4v) is 11.7. The van der Waals surface area contributed by atoms with Crippen LogP contribution in [0.4, 0.5) is 0 Å². The van der Waals surface area contributed by atoms with Crippen LogP contribution in [-0.4, -0.2) is 15.0 Å². The second-order valence-corrected chi connectivity index (χ2v) is 25.2. The van der Waals surface area contributed by atoms with Crippen LogP contribution in [0.2, 0.25) is 0 Å². The number of thiophene rings is 1. The molecule has 77 heavy (non-hydrogen) atoms. The van der Waals surface area contributed by atoms with Gasteiger partial charge in [0, 0.05) is 55.5 Å². The lowest BCUT2D eigenvalue weighted by atomic mass is 9.86. The summed E-state index contributed by atoms with van der Waals surface area (Å²) in [7, 11) is 0. The Labute approximate surface area is 460 Å². The third kappa shape index (κ3) is 11.4. The first kappa shape index (κ1) is 51.3. The van der Waals surface area contributed by atoms with Crippen LogP contribution in [0.25, 0.3) is 87.3 Å². The second-order valence-electron chi connectivity index (χ2n) is 24.1. The van der Waals surface area contributed by atoms with Crippen molar-refractivity contribution in [2.45, 2.75) is 104 Å². The van der Waals surface area contributed by atoms with Gasteiger partial charge in [-0.05, 0) is 151 Å². The third-order valence-corrected chi connectivity index (χ3v) is 16.5. The second kappa shape index (κ2) is 21.0. The smallest absolute Gasteiger partial charge is 0.0702 e. The molecular formula is C73H69N3S. The number of fused-ring (bicyclic) bond motifs is 3. The molecule has 0 aliphatic carbocycles. The van der Waals surface area contributed by atoms with Gasteiger partial charge in [-0.3, -0.25) is 15.0 Å². The molecular weight excluding hydrogens is 951 g/mol. The summed E-state index contributed by atoms with van der Waals surface area (Å²) >= 11 is 1.87. The maximum Gasteiger partial charge on any atom is 0.0702 e. The zero-order valence-corrected chi connectivity index (χ0v) is 47.0. The highest BCUT2D eigenvalue weighted by Crippen LogP contribution is 2.43. The number of aromatic nitrogens is 3. The minimum atomic E-state index is 0.0215. The summed E-state index contributed by atoms with van der Waals surface area (Å²) in [6, 6.07) is 70.3. The first-order chi connectivity index (χ1) is 37.0. The number of benzene rings is 7. The Hall–Kier alpha value is -7.79. The lowest BCUT2D eigenvalue weighted by Gasteiger charge is -2.19. The number of aryl methyl sites for hydroxylation is 4. The van der Waals surface area contributed by atoms with Crippen molar-refractivity contribution in [3.05, 3.63) is 246 Å². The van der Waals surface area contributed by atoms with Gasteiger partial charge in [-0.25, -0.2) is 0 Å². The van der Waals surface area contributed by atoms with Crippen molar-refractivity contribution in [3.63, 3.8) is 0 Å². The zero-order chi connectivity index (χ0) is 53.5. The summed E-state index contributed by atoms with van der Waals surface area (Å²) in [5.41, 5.74) is 22.8. The van der Waals surface area contributed by atoms with E-state index in [1.165, 1.54) is 92.5 Å². The van der Waals surface area contributed by atoms with Crippen molar-refractivity contribution in [1.82, 2.24) is 15.0 Å². The Morgan fingerprint density at radius 3 is 1.23 bits per heavy atom. The van der Waals surface area contributed by atoms with Crippen LogP contribution in [0.1, 0.15) is 101 Å². The quantitative estimate of drug-likeness (QED) is 0.122. The average molecular weight is 1020 g/mol. The summed E-state index contributed by atoms with van der Waals surface area (Å²) in [6.07, 6.45) is 9.81. The topological polar surface area (TPSA) is 38.7 Å². The van der Waals surface area contributed by atoms with Crippen molar-refractivity contribution < 1.29 is 0 Å². The molecule has 0 unspecified atom stereocenters. The van der Waals surface area contributed by atoms with E-state index in [2.05, 4.69) is 250 Å². The van der Waals surface area contributed by atoms with Gasteiger partial charge in [0.25, 0.3) is 0 Å². The summed E-state index contributed by atoms with van der Waals surface area (Å²) in [5, 5.41) is 2.61. The number of hydrogen-bond acceptors (Lipinski definition) is 4. The van der Waals surface area contributed by atoms with E-state index in [0.717, 1.165) is 59.5 Å². The highest BCUT2D eigenvalue weighted by molar-refractivity contribution is 7.25. The van der Waals surface area contributed by atoms with E-state index < -0.39 is 0 Å². The van der Waals surface area contributed by atoms with Crippen molar-refractivity contribution in [3.8, 4) is 67.2 Å². The molecule has 0 atom stereocenters. The number of hydrogen-bond donors (Lipinski definition) is 0. The molecule has 7 aromatic carbocycles. The van der Waals surface area contributed by atoms with Crippen molar-refractivity contribution in [1.29, 1.82) is 0 Å². The Kier molecular flexibility index (Phi) is 14.0. The molecule has 4 aromatic heterocycles. The summed E-state index contributed by atoms with van der Waals surface area (Å²) in [5.74, 6) is 0. The number of nitrogens with zero attached hydrogens (tertiary/aromatic N) is 3. The molecule has 11 rings (SSSR count). The standard InChI is InChI=1S/C73H69N3S/c1-71(2,3)57-32-37-66(74-45-57)52-26-22-48(23-27-52)18-20-50-40-51(21-19-49-24-28-53(29-25-49)67-38-33-58(46-75-67)72(4,5)6)42-56(41-50)60-14-10-11-15-61(60)62-35-31-55(68-39-34-59(47-76-68)73(7,8)9)43-65(62)54-30-36-64-63-16-12-13-17-69(63)77-70(64)44-54/h10-17,22-47H,18-21H2,1-9H3. The summed E-state index contributed by atoms with van der Waals surface area (Å²) in [6.45, 7) is 20.1. The summed E-state index contributed by atoms with van der Waals surface area (Å²) in [4.78, 5) is 14.7. The number of rotatable bonds is 12. The van der Waals surface area contributed by atoms with Crippen LogP contribution < -0.4 is 0 Å². The maximum absolute atomic E-state index is 5.05. The van der Waals surface area contributed by atoms with Crippen molar-refractivity contribution >= 4 is 31.5 Å². The van der Waals surface area contributed by atoms with Crippen molar-refractivity contribution in [2.75, 3.05) is 0 Å². The van der Waals surface area contributed by atoms with Gasteiger partial charge in [-0.1, -0.05) is 214 Å². The molecule has 0 radical (unpaired) electrons. The normalized spacial score (nSPS) is 12.2. The molecule has 4 heterocycles. The van der Waals surface area contributed by atoms with Gasteiger partial charge in [-0.2, -0.15) is 0 Å². The van der Waals surface area contributed by atoms with E-state index in [1.54, 1.807) is 0 Å². The fourth-order valence-electron chi connectivity index (χ4n) is 10.5. The molecule has 0 fully saturated rings. The molecule has 0 saturated carbocycles. The minimum Gasteiger partial charge on any atom is -0.256 e. The molecule has 0 amide bonds. The Bertz CT molecular complexity index is 3740. The lowest BCUT2D eigenvalue weighted by molar-refractivity contribution is 0.587. The minimum absolute atomic E-state index is 0.0215. The third-order valence-electron chi connectivity index (χ3n) is 15.4. The van der Waals surface area contributed by atoms with E-state index in [4.69, 9.17) is 15.0 Å². The predicted octanol–water partition coefficient (Wildman–Crippen LogP) is 19.7. The molecule has 0 bridgehead atoms. The monoisotopic (exact) mass is 1020 g/mol. The fraction of sp³-hybridized carbons (Fsp3) is 0.219. The van der Waals surface area contributed by atoms with E-state index in [9.17, 15) is 0 Å². The van der Waals surface area contributed by atoms with Gasteiger partial charge < -0.3 is 0 Å². The highest BCUT2D eigenvalue weighted by atomic mass is 32.1. The first-order valence-electron chi connectivity index (χ1n) is 27.4. The Morgan fingerprint density at radius 2 is 0.727 bits per heavy atom. The Morgan fingerprint density at radius 1 is 0.299 bits per heavy atom. The van der Waals surface area contributed by atoms with Crippen LogP contribution in [0, 0.1) is 0 Å². The van der Waals surface area contributed by atoms with Crippen LogP contribution in [-0.2, 0) is 41.9 Å². The highest BCUT2D eigenvalue weighted by Gasteiger charge is 2.20. The number of pyridine rings is 3. The molecule has 382 valence electrons. The van der Waals surface area contributed by atoms with E-state index in [-0.39, 0.29) is 16.2 Å². The SMILES string of the molecule is CC(C)(C)c1ccc(-c2ccc(CCc3cc(CCc4ccc(-c5ccc(C(C)(C)C)cn5)cc4)cc(-c4ccccc4-c4ccc(-c5ccc(C(C)(C)C)cn5)cc4-c4ccc5c(c4)sc4ccccc45)c3)cc2)nc1. The maximum atomic E-state index is 5.05. The van der Waals surface area contributed by atoms with Crippen LogP contribution in [0.15, 0.2) is 207 Å². The zero-order valence-electron chi connectivity index (χ0n) is 46.2. The Balaban J connectivity index is 0.952. The molecule has 0 spiro atoms. The largest absolute Gasteiger partial charge is 0.256 e. The van der Waals surface area contributed by atoms with Gasteiger partial charge in [0.2, 0.25) is 0 Å². The molecule has 0 N–H and O–H groups in total. The summed E-state index contributed by atoms with van der Waals surface area (Å²) < 4.78 is 2.60. The van der Waals surface area contributed by atoms with Crippen LogP contribution in [0.3, 0.4) is 0 Å². The van der Waals surface area contributed by atoms with E-state index >= 15 is 0 Å². The molecule has 4 heteroatoms. The van der Waals surface area contributed by atoms with Gasteiger partial charge in [0.05, 0.1) is 17.1 Å². The average Bonchev–Trinajstić information content (AvgIpc) is 3.87. The van der Waals surface area contributed by atoms with E-state index in [1.807, 2.05) is 29.9 Å². The molecule has 11 aromatic rings. The van der Waals surface area contributed by atoms with Crippen molar-refractivity contribution in [2.24, 2.45) is 0 Å². The molecule has 0 saturated heterocycles. The van der Waals surface area contributed by atoms with Gasteiger partial charge in [0.1, 0.15) is 0 Å². The molecule has 0 aliphatic rings. The van der Waals surface area contributed by atoms with E-state index in [0.29, 0.717) is 0 Å². The first-order valence-corrected chi connectivity index (χ1v) is 28.2. The van der Waals surface area contributed by atoms with Crippen LogP contribution in [0.5, 0.6) is 0 Å². The van der Waals surface area contributed by atoms with Crippen LogP contribution >= 0.6 is 11.3 Å². The molecule has 0 aliphatic heterocycles. The molecule has 3 nitrogen and oxygen atoms in total. The van der Waals surface area contributed by atoms with Gasteiger partial charge in [-0.15, -0.1) is 11.3 Å². The predicted molar refractivity (Wildman–Crippen MR) is 329 cm³/mol.